The molecular formula is C25H27ClN4O2. The summed E-state index contributed by atoms with van der Waals surface area (Å²) in [5.74, 6) is 0.329. The Balaban J connectivity index is 1.30. The molecule has 166 valence electrons. The Labute approximate surface area is 193 Å². The third-order valence-electron chi connectivity index (χ3n) is 6.24. The van der Waals surface area contributed by atoms with E-state index in [2.05, 4.69) is 15.3 Å². The molecule has 0 radical (unpaired) electrons. The van der Waals surface area contributed by atoms with Gasteiger partial charge in [0.1, 0.15) is 0 Å². The first kappa shape index (κ1) is 22.2. The molecule has 0 bridgehead atoms. The molecule has 0 aliphatic carbocycles. The smallest absolute Gasteiger partial charge is 0.256 e. The molecule has 0 unspecified atom stereocenters. The lowest BCUT2D eigenvalue weighted by Gasteiger charge is -2.32. The molecule has 1 fully saturated rings. The fourth-order valence-corrected chi connectivity index (χ4v) is 4.50. The van der Waals surface area contributed by atoms with Gasteiger partial charge in [0.15, 0.2) is 0 Å². The van der Waals surface area contributed by atoms with Gasteiger partial charge in [0, 0.05) is 43.6 Å². The number of hydrogen-bond acceptors (Lipinski definition) is 4. The number of pyridine rings is 2. The SMILES string of the molecule is Cc1cncc(C(=O)N2CCC(CCNC(=O)c3c(C)ncc4ccccc34)CC2)c1Cl. The monoisotopic (exact) mass is 450 g/mol. The maximum atomic E-state index is 12.9. The zero-order valence-electron chi connectivity index (χ0n) is 18.4. The molecule has 4 rings (SSSR count). The van der Waals surface area contributed by atoms with Crippen molar-refractivity contribution < 1.29 is 9.59 Å². The van der Waals surface area contributed by atoms with E-state index in [1.54, 1.807) is 18.6 Å². The first-order valence-electron chi connectivity index (χ1n) is 11.0. The minimum atomic E-state index is -0.0824. The Bertz CT molecular complexity index is 1160. The number of carbonyl (C=O) groups is 2. The number of likely N-dealkylation sites (tertiary alicyclic amines) is 1. The Morgan fingerprint density at radius 3 is 2.66 bits per heavy atom. The third-order valence-corrected chi connectivity index (χ3v) is 6.74. The van der Waals surface area contributed by atoms with Crippen LogP contribution in [0.25, 0.3) is 10.8 Å². The summed E-state index contributed by atoms with van der Waals surface area (Å²) in [5.41, 5.74) is 2.65. The fraction of sp³-hybridized carbons (Fsp3) is 0.360. The van der Waals surface area contributed by atoms with Gasteiger partial charge in [0.25, 0.3) is 11.8 Å². The summed E-state index contributed by atoms with van der Waals surface area (Å²) in [7, 11) is 0. The van der Waals surface area contributed by atoms with Gasteiger partial charge in [0.05, 0.1) is 21.8 Å². The lowest BCUT2D eigenvalue weighted by Crippen LogP contribution is -2.39. The van der Waals surface area contributed by atoms with Gasteiger partial charge in [-0.3, -0.25) is 19.6 Å². The number of amides is 2. The number of benzene rings is 1. The van der Waals surface area contributed by atoms with E-state index in [0.29, 0.717) is 41.7 Å². The van der Waals surface area contributed by atoms with E-state index in [-0.39, 0.29) is 11.8 Å². The lowest BCUT2D eigenvalue weighted by molar-refractivity contribution is 0.0686. The minimum Gasteiger partial charge on any atom is -0.352 e. The van der Waals surface area contributed by atoms with Crippen LogP contribution in [0.4, 0.5) is 0 Å². The van der Waals surface area contributed by atoms with Gasteiger partial charge in [0.2, 0.25) is 0 Å². The van der Waals surface area contributed by atoms with Crippen LogP contribution in [0.3, 0.4) is 0 Å². The molecule has 1 aliphatic heterocycles. The number of nitrogens with one attached hydrogen (secondary N) is 1. The van der Waals surface area contributed by atoms with Gasteiger partial charge in [-0.05, 0) is 50.0 Å². The average Bonchev–Trinajstić information content (AvgIpc) is 2.80. The Morgan fingerprint density at radius 1 is 1.12 bits per heavy atom. The first-order chi connectivity index (χ1) is 15.5. The van der Waals surface area contributed by atoms with E-state index >= 15 is 0 Å². The van der Waals surface area contributed by atoms with E-state index in [0.717, 1.165) is 41.3 Å². The summed E-state index contributed by atoms with van der Waals surface area (Å²) in [6.45, 7) is 5.70. The fourth-order valence-electron chi connectivity index (χ4n) is 4.32. The van der Waals surface area contributed by atoms with Gasteiger partial charge in [-0.2, -0.15) is 0 Å². The quantitative estimate of drug-likeness (QED) is 0.617. The highest BCUT2D eigenvalue weighted by Gasteiger charge is 2.25. The Morgan fingerprint density at radius 2 is 1.88 bits per heavy atom. The average molecular weight is 451 g/mol. The van der Waals surface area contributed by atoms with Gasteiger partial charge in [-0.1, -0.05) is 35.9 Å². The van der Waals surface area contributed by atoms with E-state index in [1.807, 2.05) is 43.0 Å². The van der Waals surface area contributed by atoms with E-state index in [4.69, 9.17) is 11.6 Å². The molecule has 1 N–H and O–H groups in total. The van der Waals surface area contributed by atoms with E-state index < -0.39 is 0 Å². The van der Waals surface area contributed by atoms with E-state index in [9.17, 15) is 9.59 Å². The third kappa shape index (κ3) is 4.60. The zero-order valence-corrected chi connectivity index (χ0v) is 19.2. The number of fused-ring (bicyclic) bond motifs is 1. The predicted molar refractivity (Wildman–Crippen MR) is 126 cm³/mol. The van der Waals surface area contributed by atoms with Crippen LogP contribution in [-0.2, 0) is 0 Å². The maximum Gasteiger partial charge on any atom is 0.256 e. The summed E-state index contributed by atoms with van der Waals surface area (Å²) < 4.78 is 0. The van der Waals surface area contributed by atoms with Crippen LogP contribution >= 0.6 is 11.6 Å². The van der Waals surface area contributed by atoms with Crippen molar-refractivity contribution in [3.05, 3.63) is 70.3 Å². The van der Waals surface area contributed by atoms with Crippen molar-refractivity contribution >= 4 is 34.2 Å². The number of carbonyl (C=O) groups excluding carboxylic acids is 2. The van der Waals surface area contributed by atoms with Crippen LogP contribution < -0.4 is 5.32 Å². The molecule has 32 heavy (non-hydrogen) atoms. The number of halogens is 1. The molecule has 2 aromatic heterocycles. The molecule has 0 spiro atoms. The molecule has 1 saturated heterocycles. The molecule has 1 aliphatic rings. The van der Waals surface area contributed by atoms with Crippen LogP contribution in [0.5, 0.6) is 0 Å². The zero-order chi connectivity index (χ0) is 22.7. The molecule has 1 aromatic carbocycles. The molecule has 0 saturated carbocycles. The van der Waals surface area contributed by atoms with Crippen LogP contribution in [0.1, 0.15) is 51.2 Å². The normalized spacial score (nSPS) is 14.5. The van der Waals surface area contributed by atoms with Crippen LogP contribution in [0, 0.1) is 19.8 Å². The second-order valence-corrected chi connectivity index (χ2v) is 8.78. The first-order valence-corrected chi connectivity index (χ1v) is 11.4. The number of nitrogens with zero attached hydrogens (tertiary/aromatic N) is 3. The summed E-state index contributed by atoms with van der Waals surface area (Å²) in [6.07, 6.45) is 7.72. The van der Waals surface area contributed by atoms with Crippen molar-refractivity contribution in [3.63, 3.8) is 0 Å². The predicted octanol–water partition coefficient (Wildman–Crippen LogP) is 4.57. The van der Waals surface area contributed by atoms with Gasteiger partial charge in [-0.25, -0.2) is 0 Å². The summed E-state index contributed by atoms with van der Waals surface area (Å²) >= 11 is 6.30. The number of rotatable bonds is 5. The van der Waals surface area contributed by atoms with E-state index in [1.165, 1.54) is 0 Å². The largest absolute Gasteiger partial charge is 0.352 e. The van der Waals surface area contributed by atoms with Crippen molar-refractivity contribution in [1.29, 1.82) is 0 Å². The molecule has 2 amide bonds. The van der Waals surface area contributed by atoms with Gasteiger partial charge < -0.3 is 10.2 Å². The highest BCUT2D eigenvalue weighted by atomic mass is 35.5. The molecule has 7 heteroatoms. The molecule has 0 atom stereocenters. The second kappa shape index (κ2) is 9.65. The Kier molecular flexibility index (Phi) is 6.70. The lowest BCUT2D eigenvalue weighted by atomic mass is 9.93. The molecule has 3 aromatic rings. The summed E-state index contributed by atoms with van der Waals surface area (Å²) in [4.78, 5) is 36.0. The number of aromatic nitrogens is 2. The summed E-state index contributed by atoms with van der Waals surface area (Å²) in [6, 6.07) is 7.81. The van der Waals surface area contributed by atoms with Crippen LogP contribution in [-0.4, -0.2) is 46.3 Å². The summed E-state index contributed by atoms with van der Waals surface area (Å²) in [5, 5.41) is 5.43. The molecule has 6 nitrogen and oxygen atoms in total. The highest BCUT2D eigenvalue weighted by molar-refractivity contribution is 6.34. The van der Waals surface area contributed by atoms with Crippen molar-refractivity contribution in [2.24, 2.45) is 5.92 Å². The second-order valence-electron chi connectivity index (χ2n) is 8.40. The van der Waals surface area contributed by atoms with Crippen molar-refractivity contribution in [2.75, 3.05) is 19.6 Å². The highest BCUT2D eigenvalue weighted by Crippen LogP contribution is 2.25. The molecular weight excluding hydrogens is 424 g/mol. The van der Waals surface area contributed by atoms with Crippen LogP contribution in [0.2, 0.25) is 5.02 Å². The topological polar surface area (TPSA) is 75.2 Å². The van der Waals surface area contributed by atoms with Crippen molar-refractivity contribution in [1.82, 2.24) is 20.2 Å². The number of aryl methyl sites for hydroxylation is 2. The van der Waals surface area contributed by atoms with Gasteiger partial charge >= 0.3 is 0 Å². The Hall–Kier alpha value is -2.99. The number of piperidine rings is 1. The van der Waals surface area contributed by atoms with Crippen LogP contribution in [0.15, 0.2) is 42.9 Å². The minimum absolute atomic E-state index is 0.0584. The number of hydrogen-bond donors (Lipinski definition) is 1. The van der Waals surface area contributed by atoms with Gasteiger partial charge in [-0.15, -0.1) is 0 Å². The van der Waals surface area contributed by atoms with Crippen molar-refractivity contribution in [3.8, 4) is 0 Å². The standard InChI is InChI=1S/C25H27ClN4O2/c1-16-13-27-15-21(23(16)26)25(32)30-11-8-18(9-12-30)7-10-28-24(31)22-17(2)29-14-19-5-3-4-6-20(19)22/h3-6,13-15,18H,7-12H2,1-2H3,(H,28,31). The maximum absolute atomic E-state index is 12.9. The van der Waals surface area contributed by atoms with Crippen molar-refractivity contribution in [2.45, 2.75) is 33.1 Å². The molecule has 3 heterocycles.